The molecule has 0 spiro atoms. The van der Waals surface area contributed by atoms with Crippen molar-refractivity contribution in [2.24, 2.45) is 5.73 Å². The van der Waals surface area contributed by atoms with Crippen molar-refractivity contribution in [3.05, 3.63) is 0 Å². The first-order valence-electron chi connectivity index (χ1n) is 5.67. The van der Waals surface area contributed by atoms with Gasteiger partial charge < -0.3 is 11.1 Å². The highest BCUT2D eigenvalue weighted by molar-refractivity contribution is 5.95. The number of nitrogens with one attached hydrogen (secondary N) is 2. The summed E-state index contributed by atoms with van der Waals surface area (Å²) >= 11 is 0. The average molecular weight is 228 g/mol. The van der Waals surface area contributed by atoms with E-state index >= 15 is 0 Å². The maximum absolute atomic E-state index is 11.4. The fourth-order valence-electron chi connectivity index (χ4n) is 1.81. The van der Waals surface area contributed by atoms with E-state index in [0.29, 0.717) is 6.54 Å². The number of nitrogens with two attached hydrogens (primary N) is 1. The molecule has 0 bridgehead atoms. The lowest BCUT2D eigenvalue weighted by Crippen LogP contribution is -2.49. The van der Waals surface area contributed by atoms with Crippen molar-refractivity contribution in [2.75, 3.05) is 26.2 Å². The Balaban J connectivity index is 2.25. The first-order valence-corrected chi connectivity index (χ1v) is 5.67. The average Bonchev–Trinajstić information content (AvgIpc) is 2.17. The van der Waals surface area contributed by atoms with Gasteiger partial charge in [-0.15, -0.1) is 0 Å². The highest BCUT2D eigenvalue weighted by Crippen LogP contribution is 2.06. The molecule has 4 N–H and O–H groups in total. The molecular weight excluding hydrogens is 208 g/mol. The van der Waals surface area contributed by atoms with E-state index in [1.54, 1.807) is 6.92 Å². The largest absolute Gasteiger partial charge is 0.338 e. The van der Waals surface area contributed by atoms with Gasteiger partial charge in [0.2, 0.25) is 5.91 Å². The number of rotatable bonds is 3. The van der Waals surface area contributed by atoms with E-state index in [1.807, 2.05) is 4.90 Å². The second kappa shape index (κ2) is 6.44. The van der Waals surface area contributed by atoms with E-state index in [0.717, 1.165) is 25.9 Å². The zero-order valence-electron chi connectivity index (χ0n) is 9.66. The Morgan fingerprint density at radius 1 is 1.50 bits per heavy atom. The van der Waals surface area contributed by atoms with Gasteiger partial charge in [-0.05, 0) is 26.3 Å². The molecule has 0 aliphatic carbocycles. The summed E-state index contributed by atoms with van der Waals surface area (Å²) in [5.74, 6) is -0.278. The van der Waals surface area contributed by atoms with E-state index < -0.39 is 6.03 Å². The third-order valence-electron chi connectivity index (χ3n) is 2.50. The van der Waals surface area contributed by atoms with Crippen molar-refractivity contribution >= 4 is 11.9 Å². The SMILES string of the molecule is CCNC(=O)NC(=O)CN1CCCC(N)C1. The number of hydrogen-bond donors (Lipinski definition) is 3. The van der Waals surface area contributed by atoms with Gasteiger partial charge in [0.25, 0.3) is 0 Å². The molecule has 0 radical (unpaired) electrons. The molecule has 1 atom stereocenters. The van der Waals surface area contributed by atoms with Gasteiger partial charge in [0.15, 0.2) is 0 Å². The standard InChI is InChI=1S/C10H20N4O2/c1-2-12-10(16)13-9(15)7-14-5-3-4-8(11)6-14/h8H,2-7,11H2,1H3,(H2,12,13,15,16). The van der Waals surface area contributed by atoms with Crippen LogP contribution in [0.5, 0.6) is 0 Å². The van der Waals surface area contributed by atoms with Crippen LogP contribution in [0.25, 0.3) is 0 Å². The van der Waals surface area contributed by atoms with Crippen molar-refractivity contribution < 1.29 is 9.59 Å². The monoisotopic (exact) mass is 228 g/mol. The van der Waals surface area contributed by atoms with Crippen LogP contribution in [0.15, 0.2) is 0 Å². The van der Waals surface area contributed by atoms with E-state index in [9.17, 15) is 9.59 Å². The summed E-state index contributed by atoms with van der Waals surface area (Å²) in [5.41, 5.74) is 5.80. The van der Waals surface area contributed by atoms with Crippen LogP contribution in [0.3, 0.4) is 0 Å². The van der Waals surface area contributed by atoms with E-state index in [1.165, 1.54) is 0 Å². The zero-order chi connectivity index (χ0) is 12.0. The number of piperidine rings is 1. The van der Waals surface area contributed by atoms with Crippen LogP contribution >= 0.6 is 0 Å². The number of carbonyl (C=O) groups excluding carboxylic acids is 2. The van der Waals surface area contributed by atoms with Crippen molar-refractivity contribution in [3.8, 4) is 0 Å². The Hall–Kier alpha value is -1.14. The first-order chi connectivity index (χ1) is 7.61. The molecule has 0 saturated carbocycles. The number of amides is 3. The Morgan fingerprint density at radius 3 is 2.88 bits per heavy atom. The van der Waals surface area contributed by atoms with Crippen LogP contribution in [0.2, 0.25) is 0 Å². The Bertz CT molecular complexity index is 257. The number of carbonyl (C=O) groups is 2. The van der Waals surface area contributed by atoms with E-state index in [-0.39, 0.29) is 18.5 Å². The van der Waals surface area contributed by atoms with Gasteiger partial charge in [0, 0.05) is 19.1 Å². The minimum Gasteiger partial charge on any atom is -0.338 e. The highest BCUT2D eigenvalue weighted by Gasteiger charge is 2.19. The zero-order valence-corrected chi connectivity index (χ0v) is 9.66. The quantitative estimate of drug-likeness (QED) is 0.593. The molecule has 0 aromatic rings. The van der Waals surface area contributed by atoms with Crippen molar-refractivity contribution in [2.45, 2.75) is 25.8 Å². The summed E-state index contributed by atoms with van der Waals surface area (Å²) in [6.07, 6.45) is 2.02. The van der Waals surface area contributed by atoms with Crippen LogP contribution in [0.4, 0.5) is 4.79 Å². The molecule has 6 nitrogen and oxygen atoms in total. The van der Waals surface area contributed by atoms with Gasteiger partial charge in [0.1, 0.15) is 0 Å². The van der Waals surface area contributed by atoms with Crippen molar-refractivity contribution in [1.29, 1.82) is 0 Å². The van der Waals surface area contributed by atoms with Gasteiger partial charge in [-0.3, -0.25) is 15.0 Å². The molecule has 1 aliphatic rings. The summed E-state index contributed by atoms with van der Waals surface area (Å²) in [6.45, 7) is 4.14. The van der Waals surface area contributed by atoms with Gasteiger partial charge in [-0.2, -0.15) is 0 Å². The lowest BCUT2D eigenvalue weighted by Gasteiger charge is -2.29. The molecule has 1 unspecified atom stereocenters. The molecule has 1 aliphatic heterocycles. The number of hydrogen-bond acceptors (Lipinski definition) is 4. The Kier molecular flexibility index (Phi) is 5.21. The number of imide groups is 1. The predicted octanol–water partition coefficient (Wildman–Crippen LogP) is -0.745. The van der Waals surface area contributed by atoms with Gasteiger partial charge in [0.05, 0.1) is 6.54 Å². The lowest BCUT2D eigenvalue weighted by molar-refractivity contribution is -0.121. The van der Waals surface area contributed by atoms with Crippen LogP contribution in [0.1, 0.15) is 19.8 Å². The van der Waals surface area contributed by atoms with Crippen LogP contribution in [0, 0.1) is 0 Å². The normalized spacial score (nSPS) is 21.5. The van der Waals surface area contributed by atoms with Crippen LogP contribution in [-0.2, 0) is 4.79 Å². The molecule has 1 saturated heterocycles. The molecule has 3 amide bonds. The second-order valence-electron chi connectivity index (χ2n) is 4.05. The number of nitrogens with zero attached hydrogens (tertiary/aromatic N) is 1. The summed E-state index contributed by atoms with van der Waals surface area (Å²) in [4.78, 5) is 24.5. The van der Waals surface area contributed by atoms with Crippen LogP contribution < -0.4 is 16.4 Å². The minimum absolute atomic E-state index is 0.144. The topological polar surface area (TPSA) is 87.5 Å². The third kappa shape index (κ3) is 4.59. The fourth-order valence-corrected chi connectivity index (χ4v) is 1.81. The molecule has 6 heteroatoms. The van der Waals surface area contributed by atoms with Gasteiger partial charge in [-0.25, -0.2) is 4.79 Å². The summed E-state index contributed by atoms with van der Waals surface area (Å²) in [7, 11) is 0. The molecule has 0 aromatic heterocycles. The Morgan fingerprint density at radius 2 is 2.25 bits per heavy atom. The first kappa shape index (κ1) is 12.9. The van der Waals surface area contributed by atoms with Gasteiger partial charge in [-0.1, -0.05) is 0 Å². The number of likely N-dealkylation sites (tertiary alicyclic amines) is 1. The smallest absolute Gasteiger partial charge is 0.321 e. The molecule has 1 fully saturated rings. The predicted molar refractivity (Wildman–Crippen MR) is 60.9 cm³/mol. The minimum atomic E-state index is -0.436. The van der Waals surface area contributed by atoms with Crippen molar-refractivity contribution in [3.63, 3.8) is 0 Å². The summed E-state index contributed by atoms with van der Waals surface area (Å²) < 4.78 is 0. The van der Waals surface area contributed by atoms with Crippen molar-refractivity contribution in [1.82, 2.24) is 15.5 Å². The third-order valence-corrected chi connectivity index (χ3v) is 2.50. The molecule has 1 rings (SSSR count). The van der Waals surface area contributed by atoms with Crippen LogP contribution in [-0.4, -0.2) is 49.1 Å². The fraction of sp³-hybridized carbons (Fsp3) is 0.800. The van der Waals surface area contributed by atoms with E-state index in [2.05, 4.69) is 10.6 Å². The molecule has 92 valence electrons. The summed E-state index contributed by atoms with van der Waals surface area (Å²) in [6, 6.07) is -0.292. The maximum atomic E-state index is 11.4. The lowest BCUT2D eigenvalue weighted by atomic mass is 10.1. The summed E-state index contributed by atoms with van der Waals surface area (Å²) in [5, 5.41) is 4.78. The Labute approximate surface area is 95.5 Å². The highest BCUT2D eigenvalue weighted by atomic mass is 16.2. The molecular formula is C10H20N4O2. The maximum Gasteiger partial charge on any atom is 0.321 e. The molecule has 0 aromatic carbocycles. The molecule has 1 heterocycles. The molecule has 16 heavy (non-hydrogen) atoms. The number of urea groups is 1. The van der Waals surface area contributed by atoms with E-state index in [4.69, 9.17) is 5.73 Å². The van der Waals surface area contributed by atoms with Gasteiger partial charge >= 0.3 is 6.03 Å². The second-order valence-corrected chi connectivity index (χ2v) is 4.05.